The molecule has 19 heavy (non-hydrogen) atoms. The molecule has 1 saturated carbocycles. The van der Waals surface area contributed by atoms with Crippen molar-refractivity contribution in [3.05, 3.63) is 29.8 Å². The van der Waals surface area contributed by atoms with E-state index in [1.54, 1.807) is 7.11 Å². The van der Waals surface area contributed by atoms with Gasteiger partial charge in [-0.3, -0.25) is 10.1 Å². The van der Waals surface area contributed by atoms with Crippen LogP contribution in [0.2, 0.25) is 0 Å². The summed E-state index contributed by atoms with van der Waals surface area (Å²) in [7, 11) is 1.61. The van der Waals surface area contributed by atoms with Crippen LogP contribution in [0.3, 0.4) is 0 Å². The van der Waals surface area contributed by atoms with E-state index in [0.717, 1.165) is 24.2 Å². The van der Waals surface area contributed by atoms with E-state index in [4.69, 9.17) is 4.74 Å². The molecule has 1 unspecified atom stereocenters. The number of nitrogens with one attached hydrogen (secondary N) is 2. The Bertz CT molecular complexity index is 551. The largest absolute Gasteiger partial charge is 0.497 e. The van der Waals surface area contributed by atoms with Gasteiger partial charge >= 0.3 is 0 Å². The minimum atomic E-state index is -0.789. The maximum Gasteiger partial charge on any atom is 0.256 e. The van der Waals surface area contributed by atoms with Crippen LogP contribution < -0.4 is 15.4 Å². The first kappa shape index (κ1) is 12.0. The molecule has 5 nitrogen and oxygen atoms in total. The Morgan fingerprint density at radius 3 is 2.89 bits per heavy atom. The Hall–Kier alpha value is -2.04. The highest BCUT2D eigenvalue weighted by Crippen LogP contribution is 2.29. The lowest BCUT2D eigenvalue weighted by Gasteiger charge is -2.22. The monoisotopic (exact) mass is 259 g/mol. The molecule has 1 aromatic carbocycles. The summed E-state index contributed by atoms with van der Waals surface area (Å²) in [6.07, 6.45) is 2.22. The van der Waals surface area contributed by atoms with Gasteiger partial charge < -0.3 is 10.1 Å². The molecule has 1 aliphatic carbocycles. The molecule has 1 heterocycles. The number of ether oxygens (including phenoxy) is 1. The summed E-state index contributed by atoms with van der Waals surface area (Å²) >= 11 is 0. The van der Waals surface area contributed by atoms with Crippen LogP contribution in [0.15, 0.2) is 29.3 Å². The number of rotatable bonds is 3. The molecule has 1 saturated heterocycles. The van der Waals surface area contributed by atoms with Crippen molar-refractivity contribution in [1.82, 2.24) is 10.6 Å². The van der Waals surface area contributed by atoms with Crippen LogP contribution in [-0.2, 0) is 10.3 Å². The first-order valence-corrected chi connectivity index (χ1v) is 6.44. The maximum atomic E-state index is 12.2. The zero-order valence-electron chi connectivity index (χ0n) is 11.1. The fourth-order valence-electron chi connectivity index (χ4n) is 2.15. The lowest BCUT2D eigenvalue weighted by molar-refractivity contribution is -0.123. The molecule has 5 heteroatoms. The number of guanidine groups is 1. The number of amides is 1. The summed E-state index contributed by atoms with van der Waals surface area (Å²) < 4.78 is 5.21. The Balaban J connectivity index is 1.91. The molecule has 1 aliphatic heterocycles. The number of nitrogens with zero attached hydrogens (tertiary/aromatic N) is 1. The lowest BCUT2D eigenvalue weighted by Crippen LogP contribution is -2.40. The van der Waals surface area contributed by atoms with Crippen molar-refractivity contribution in [2.45, 2.75) is 31.3 Å². The SMILES string of the molecule is COc1cccc(C2(C)NC(=NC3CC3)NC2=O)c1. The topological polar surface area (TPSA) is 62.7 Å². The summed E-state index contributed by atoms with van der Waals surface area (Å²) in [5.74, 6) is 1.24. The number of carbonyl (C=O) groups excluding carboxylic acids is 1. The van der Waals surface area contributed by atoms with Crippen LogP contribution in [0, 0.1) is 0 Å². The van der Waals surface area contributed by atoms with Gasteiger partial charge in [0.25, 0.3) is 5.91 Å². The summed E-state index contributed by atoms with van der Waals surface area (Å²) in [5, 5.41) is 6.00. The normalized spacial score (nSPS) is 28.1. The van der Waals surface area contributed by atoms with Crippen LogP contribution in [0.4, 0.5) is 0 Å². The van der Waals surface area contributed by atoms with Gasteiger partial charge in [-0.2, -0.15) is 0 Å². The molecule has 2 N–H and O–H groups in total. The number of benzene rings is 1. The zero-order valence-corrected chi connectivity index (χ0v) is 11.1. The highest BCUT2D eigenvalue weighted by Gasteiger charge is 2.43. The average molecular weight is 259 g/mol. The second kappa shape index (κ2) is 4.26. The second-order valence-corrected chi connectivity index (χ2v) is 5.14. The van der Waals surface area contributed by atoms with Crippen molar-refractivity contribution in [2.24, 2.45) is 4.99 Å². The molecule has 2 fully saturated rings. The fraction of sp³-hybridized carbons (Fsp3) is 0.429. The fourth-order valence-corrected chi connectivity index (χ4v) is 2.15. The molecule has 1 aromatic rings. The van der Waals surface area contributed by atoms with E-state index in [0.29, 0.717) is 12.0 Å². The number of methoxy groups -OCH3 is 1. The summed E-state index contributed by atoms with van der Waals surface area (Å²) in [4.78, 5) is 16.7. The molecule has 2 aliphatic rings. The molecule has 3 rings (SSSR count). The number of hydrogen-bond acceptors (Lipinski definition) is 3. The summed E-state index contributed by atoms with van der Waals surface area (Å²) in [6.45, 7) is 1.85. The highest BCUT2D eigenvalue weighted by molar-refractivity contribution is 6.09. The van der Waals surface area contributed by atoms with E-state index >= 15 is 0 Å². The van der Waals surface area contributed by atoms with Crippen molar-refractivity contribution in [3.63, 3.8) is 0 Å². The number of hydrogen-bond donors (Lipinski definition) is 2. The molecule has 1 atom stereocenters. The number of aliphatic imine (C=N–C) groups is 1. The van der Waals surface area contributed by atoms with E-state index in [1.165, 1.54) is 0 Å². The highest BCUT2D eigenvalue weighted by atomic mass is 16.5. The van der Waals surface area contributed by atoms with Gasteiger partial charge in [0.2, 0.25) is 0 Å². The Kier molecular flexibility index (Phi) is 2.69. The molecular weight excluding hydrogens is 242 g/mol. The van der Waals surface area contributed by atoms with Crippen molar-refractivity contribution in [3.8, 4) is 5.75 Å². The molecule has 0 spiro atoms. The van der Waals surface area contributed by atoms with E-state index in [-0.39, 0.29) is 5.91 Å². The standard InChI is InChI=1S/C14H17N3O2/c1-14(9-4-3-5-11(8-9)19-2)12(18)16-13(17-14)15-10-6-7-10/h3-5,8,10H,6-7H2,1-2H3,(H2,15,16,17,18). The van der Waals surface area contributed by atoms with Gasteiger partial charge in [0, 0.05) is 0 Å². The molecule has 0 radical (unpaired) electrons. The summed E-state index contributed by atoms with van der Waals surface area (Å²) in [5.41, 5.74) is 0.0766. The van der Waals surface area contributed by atoms with Crippen LogP contribution >= 0.6 is 0 Å². The Morgan fingerprint density at radius 2 is 2.21 bits per heavy atom. The van der Waals surface area contributed by atoms with Crippen molar-refractivity contribution < 1.29 is 9.53 Å². The van der Waals surface area contributed by atoms with Gasteiger partial charge in [-0.05, 0) is 37.5 Å². The molecule has 0 bridgehead atoms. The predicted octanol–water partition coefficient (Wildman–Crippen LogP) is 1.15. The Morgan fingerprint density at radius 1 is 1.42 bits per heavy atom. The quantitative estimate of drug-likeness (QED) is 0.856. The van der Waals surface area contributed by atoms with Crippen LogP contribution in [-0.4, -0.2) is 25.0 Å². The van der Waals surface area contributed by atoms with E-state index in [2.05, 4.69) is 15.6 Å². The van der Waals surface area contributed by atoms with Gasteiger partial charge in [0.05, 0.1) is 13.2 Å². The van der Waals surface area contributed by atoms with Gasteiger partial charge in [0.15, 0.2) is 5.96 Å². The van der Waals surface area contributed by atoms with Crippen LogP contribution in [0.5, 0.6) is 5.75 Å². The third-order valence-electron chi connectivity index (χ3n) is 3.56. The smallest absolute Gasteiger partial charge is 0.256 e. The van der Waals surface area contributed by atoms with Gasteiger partial charge in [0.1, 0.15) is 11.3 Å². The van der Waals surface area contributed by atoms with Crippen LogP contribution in [0.25, 0.3) is 0 Å². The Labute approximate surface area is 112 Å². The predicted molar refractivity (Wildman–Crippen MR) is 72.1 cm³/mol. The third-order valence-corrected chi connectivity index (χ3v) is 3.56. The average Bonchev–Trinajstić information content (AvgIpc) is 3.17. The van der Waals surface area contributed by atoms with E-state index in [1.807, 2.05) is 31.2 Å². The molecule has 100 valence electrons. The first-order valence-electron chi connectivity index (χ1n) is 6.44. The van der Waals surface area contributed by atoms with Crippen molar-refractivity contribution >= 4 is 11.9 Å². The van der Waals surface area contributed by atoms with Gasteiger partial charge in [-0.1, -0.05) is 12.1 Å². The molecule has 1 amide bonds. The second-order valence-electron chi connectivity index (χ2n) is 5.14. The van der Waals surface area contributed by atoms with Crippen molar-refractivity contribution in [1.29, 1.82) is 0 Å². The lowest BCUT2D eigenvalue weighted by atomic mass is 9.92. The van der Waals surface area contributed by atoms with E-state index < -0.39 is 5.54 Å². The molecule has 0 aromatic heterocycles. The number of carbonyl (C=O) groups is 1. The first-order chi connectivity index (χ1) is 9.11. The minimum Gasteiger partial charge on any atom is -0.497 e. The van der Waals surface area contributed by atoms with E-state index in [9.17, 15) is 4.79 Å². The maximum absolute atomic E-state index is 12.2. The van der Waals surface area contributed by atoms with Crippen molar-refractivity contribution in [2.75, 3.05) is 7.11 Å². The third kappa shape index (κ3) is 2.16. The molecular formula is C14H17N3O2. The van der Waals surface area contributed by atoms with Gasteiger partial charge in [-0.25, -0.2) is 4.99 Å². The minimum absolute atomic E-state index is 0.0832. The summed E-state index contributed by atoms with van der Waals surface area (Å²) in [6, 6.07) is 7.89. The van der Waals surface area contributed by atoms with Crippen LogP contribution in [0.1, 0.15) is 25.3 Å². The van der Waals surface area contributed by atoms with Gasteiger partial charge in [-0.15, -0.1) is 0 Å². The zero-order chi connectivity index (χ0) is 13.5.